The van der Waals surface area contributed by atoms with Crippen LogP contribution < -0.4 is 5.73 Å². The van der Waals surface area contributed by atoms with Gasteiger partial charge in [0.15, 0.2) is 0 Å². The summed E-state index contributed by atoms with van der Waals surface area (Å²) >= 11 is 0. The van der Waals surface area contributed by atoms with Crippen LogP contribution in [0.5, 0.6) is 0 Å². The molecule has 1 aromatic carbocycles. The summed E-state index contributed by atoms with van der Waals surface area (Å²) in [5.41, 5.74) is 7.46. The SMILES string of the molecule is CC(c1cccc(N)c1)C(C)(C)O[Si]. The van der Waals surface area contributed by atoms with E-state index in [-0.39, 0.29) is 11.5 Å². The topological polar surface area (TPSA) is 35.2 Å². The molecule has 0 aliphatic rings. The molecule has 0 bridgehead atoms. The Morgan fingerprint density at radius 1 is 1.43 bits per heavy atom. The van der Waals surface area contributed by atoms with Crippen molar-refractivity contribution in [3.63, 3.8) is 0 Å². The van der Waals surface area contributed by atoms with E-state index in [2.05, 4.69) is 23.5 Å². The molecule has 3 heteroatoms. The normalized spacial score (nSPS) is 14.0. The van der Waals surface area contributed by atoms with Crippen molar-refractivity contribution in [3.05, 3.63) is 29.8 Å². The van der Waals surface area contributed by atoms with Crippen LogP contribution in [0, 0.1) is 0 Å². The highest BCUT2D eigenvalue weighted by atomic mass is 28.2. The molecule has 1 rings (SSSR count). The van der Waals surface area contributed by atoms with Gasteiger partial charge in [0.05, 0.1) is 5.60 Å². The first-order valence-electron chi connectivity index (χ1n) is 4.67. The van der Waals surface area contributed by atoms with Gasteiger partial charge in [0.2, 0.25) is 10.5 Å². The average molecular weight is 206 g/mol. The van der Waals surface area contributed by atoms with E-state index in [0.717, 1.165) is 5.69 Å². The number of benzene rings is 1. The van der Waals surface area contributed by atoms with Crippen LogP contribution in [-0.2, 0) is 4.43 Å². The van der Waals surface area contributed by atoms with Gasteiger partial charge in [-0.05, 0) is 31.5 Å². The van der Waals surface area contributed by atoms with E-state index < -0.39 is 0 Å². The molecule has 1 aromatic rings. The zero-order chi connectivity index (χ0) is 10.8. The molecule has 0 aromatic heterocycles. The van der Waals surface area contributed by atoms with Crippen LogP contribution >= 0.6 is 0 Å². The second-order valence-electron chi connectivity index (χ2n) is 4.10. The minimum absolute atomic E-state index is 0.245. The van der Waals surface area contributed by atoms with E-state index in [0.29, 0.717) is 0 Å². The molecule has 0 aliphatic carbocycles. The number of anilines is 1. The molecule has 0 aliphatic heterocycles. The monoisotopic (exact) mass is 206 g/mol. The lowest BCUT2D eigenvalue weighted by Crippen LogP contribution is -2.30. The lowest BCUT2D eigenvalue weighted by molar-refractivity contribution is 0.0961. The lowest BCUT2D eigenvalue weighted by atomic mass is 9.86. The van der Waals surface area contributed by atoms with Crippen LogP contribution in [0.3, 0.4) is 0 Å². The van der Waals surface area contributed by atoms with Crippen molar-refractivity contribution in [2.45, 2.75) is 32.3 Å². The second kappa shape index (κ2) is 4.15. The molecule has 0 saturated heterocycles. The molecule has 1 atom stereocenters. The highest BCUT2D eigenvalue weighted by molar-refractivity contribution is 5.98. The van der Waals surface area contributed by atoms with E-state index in [1.54, 1.807) is 0 Å². The van der Waals surface area contributed by atoms with Crippen molar-refractivity contribution in [2.24, 2.45) is 0 Å². The Labute approximate surface area is 89.0 Å². The van der Waals surface area contributed by atoms with Gasteiger partial charge in [-0.25, -0.2) is 0 Å². The summed E-state index contributed by atoms with van der Waals surface area (Å²) in [7, 11) is 3.10. The third-order valence-electron chi connectivity index (χ3n) is 2.72. The van der Waals surface area contributed by atoms with E-state index >= 15 is 0 Å². The number of nitrogens with two attached hydrogens (primary N) is 1. The maximum absolute atomic E-state index is 5.73. The summed E-state index contributed by atoms with van der Waals surface area (Å²) in [6.45, 7) is 6.19. The molecule has 2 nitrogen and oxygen atoms in total. The van der Waals surface area contributed by atoms with Crippen LogP contribution in [0.25, 0.3) is 0 Å². The predicted octanol–water partition coefficient (Wildman–Crippen LogP) is 2.25. The first kappa shape index (κ1) is 11.3. The van der Waals surface area contributed by atoms with Crippen molar-refractivity contribution in [1.29, 1.82) is 0 Å². The van der Waals surface area contributed by atoms with Crippen molar-refractivity contribution in [2.75, 3.05) is 5.73 Å². The highest BCUT2D eigenvalue weighted by Gasteiger charge is 2.26. The van der Waals surface area contributed by atoms with Crippen LogP contribution in [0.15, 0.2) is 24.3 Å². The van der Waals surface area contributed by atoms with E-state index in [1.165, 1.54) is 5.56 Å². The number of hydrogen-bond acceptors (Lipinski definition) is 2. The fourth-order valence-electron chi connectivity index (χ4n) is 1.32. The molecular formula is C11H16NOSi. The van der Waals surface area contributed by atoms with Crippen molar-refractivity contribution >= 4 is 16.2 Å². The third-order valence-corrected chi connectivity index (χ3v) is 3.24. The van der Waals surface area contributed by atoms with Crippen molar-refractivity contribution in [1.82, 2.24) is 0 Å². The van der Waals surface area contributed by atoms with Gasteiger partial charge >= 0.3 is 0 Å². The van der Waals surface area contributed by atoms with Gasteiger partial charge in [-0.2, -0.15) is 0 Å². The fraction of sp³-hybridized carbons (Fsp3) is 0.455. The van der Waals surface area contributed by atoms with E-state index in [9.17, 15) is 0 Å². The zero-order valence-electron chi connectivity index (χ0n) is 8.87. The minimum Gasteiger partial charge on any atom is -0.413 e. The molecule has 0 heterocycles. The minimum atomic E-state index is -0.245. The van der Waals surface area contributed by atoms with E-state index in [1.807, 2.05) is 32.0 Å². The third kappa shape index (κ3) is 2.36. The molecular weight excluding hydrogens is 190 g/mol. The Hall–Kier alpha value is -0.803. The standard InChI is InChI=1S/C11H16NOSi/c1-8(11(2,3)13-14)9-5-4-6-10(12)7-9/h4-8H,12H2,1-3H3. The average Bonchev–Trinajstić information content (AvgIpc) is 2.16. The molecule has 0 saturated carbocycles. The summed E-state index contributed by atoms with van der Waals surface area (Å²) in [5, 5.41) is 0. The maximum Gasteiger partial charge on any atom is 0.247 e. The fourth-order valence-corrected chi connectivity index (χ4v) is 1.49. The number of nitrogen functional groups attached to an aromatic ring is 1. The van der Waals surface area contributed by atoms with Gasteiger partial charge in [-0.3, -0.25) is 0 Å². The Balaban J connectivity index is 2.94. The zero-order valence-corrected chi connectivity index (χ0v) is 9.87. The highest BCUT2D eigenvalue weighted by Crippen LogP contribution is 2.30. The maximum atomic E-state index is 5.73. The largest absolute Gasteiger partial charge is 0.413 e. The molecule has 0 fully saturated rings. The Morgan fingerprint density at radius 2 is 2.07 bits per heavy atom. The van der Waals surface area contributed by atoms with Gasteiger partial charge in [0, 0.05) is 11.6 Å². The van der Waals surface area contributed by atoms with Gasteiger partial charge in [-0.1, -0.05) is 19.1 Å². The number of rotatable bonds is 3. The predicted molar refractivity (Wildman–Crippen MR) is 60.2 cm³/mol. The van der Waals surface area contributed by atoms with Gasteiger partial charge in [0.1, 0.15) is 0 Å². The second-order valence-corrected chi connectivity index (χ2v) is 4.30. The summed E-state index contributed by atoms with van der Waals surface area (Å²) in [6, 6.07) is 7.90. The summed E-state index contributed by atoms with van der Waals surface area (Å²) in [4.78, 5) is 0. The molecule has 2 N–H and O–H groups in total. The van der Waals surface area contributed by atoms with Gasteiger partial charge in [-0.15, -0.1) is 0 Å². The molecule has 75 valence electrons. The first-order chi connectivity index (χ1) is 6.47. The molecule has 0 spiro atoms. The summed E-state index contributed by atoms with van der Waals surface area (Å²) in [5.74, 6) is 0.281. The molecule has 14 heavy (non-hydrogen) atoms. The van der Waals surface area contributed by atoms with Gasteiger partial charge < -0.3 is 10.2 Å². The quantitative estimate of drug-likeness (QED) is 0.608. The summed E-state index contributed by atoms with van der Waals surface area (Å²) < 4.78 is 5.26. The van der Waals surface area contributed by atoms with E-state index in [4.69, 9.17) is 10.2 Å². The number of hydrogen-bond donors (Lipinski definition) is 1. The Morgan fingerprint density at radius 3 is 2.57 bits per heavy atom. The van der Waals surface area contributed by atoms with Gasteiger partial charge in [0.25, 0.3) is 0 Å². The molecule has 0 amide bonds. The van der Waals surface area contributed by atoms with Crippen molar-refractivity contribution < 1.29 is 4.43 Å². The lowest BCUT2D eigenvalue weighted by Gasteiger charge is -2.31. The molecule has 1 unspecified atom stereocenters. The van der Waals surface area contributed by atoms with Crippen molar-refractivity contribution in [3.8, 4) is 0 Å². The smallest absolute Gasteiger partial charge is 0.247 e. The van der Waals surface area contributed by atoms with Crippen LogP contribution in [0.4, 0.5) is 5.69 Å². The first-order valence-corrected chi connectivity index (χ1v) is 5.08. The summed E-state index contributed by atoms with van der Waals surface area (Å²) in [6.07, 6.45) is 0. The molecule has 3 radical (unpaired) electrons. The van der Waals surface area contributed by atoms with Crippen LogP contribution in [0.2, 0.25) is 0 Å². The van der Waals surface area contributed by atoms with Crippen LogP contribution in [0.1, 0.15) is 32.3 Å². The van der Waals surface area contributed by atoms with Crippen LogP contribution in [-0.4, -0.2) is 16.1 Å². The Bertz CT molecular complexity index is 312. The Kier molecular flexibility index (Phi) is 3.34.